The number of nitrogens with two attached hydrogens (primary N) is 1. The molecule has 8 nitrogen and oxygen atoms in total. The molecule has 2 aromatic heterocycles. The maximum Gasteiger partial charge on any atom is 0.352 e. The van der Waals surface area contributed by atoms with Crippen LogP contribution in [-0.2, 0) is 23.1 Å². The zero-order valence-electron chi connectivity index (χ0n) is 19.5. The number of hydrogen-bond acceptors (Lipinski definition) is 5. The van der Waals surface area contributed by atoms with Crippen molar-refractivity contribution in [2.75, 3.05) is 4.72 Å². The van der Waals surface area contributed by atoms with Crippen molar-refractivity contribution >= 4 is 43.5 Å². The quantitative estimate of drug-likeness (QED) is 0.271. The van der Waals surface area contributed by atoms with Gasteiger partial charge in [-0.3, -0.25) is 4.72 Å². The van der Waals surface area contributed by atoms with Crippen molar-refractivity contribution in [2.24, 2.45) is 5.73 Å². The van der Waals surface area contributed by atoms with Crippen molar-refractivity contribution in [3.05, 3.63) is 107 Å². The molecule has 1 atom stereocenters. The Morgan fingerprint density at radius 2 is 1.73 bits per heavy atom. The van der Waals surface area contributed by atoms with Crippen LogP contribution in [0.25, 0.3) is 21.8 Å². The van der Waals surface area contributed by atoms with E-state index in [2.05, 4.69) is 9.71 Å². The topological polar surface area (TPSA) is 127 Å². The second-order valence-corrected chi connectivity index (χ2v) is 10.3. The van der Waals surface area contributed by atoms with E-state index in [0.29, 0.717) is 27.7 Å². The Hall–Kier alpha value is -4.28. The number of nitrogens with zero attached hydrogens (tertiary/aromatic N) is 2. The second kappa shape index (κ2) is 9.64. The highest BCUT2D eigenvalue weighted by atomic mass is 32.2. The highest BCUT2D eigenvalue weighted by molar-refractivity contribution is 7.92. The number of nitrogens with one attached hydrogen (secondary N) is 1. The highest BCUT2D eigenvalue weighted by Crippen LogP contribution is 2.31. The SMILES string of the molecule is NCc1ccc2cc(C(=O)O)n(Cc3cc(NS(=O)(=O)C(F)c4ccccc4)cc4ccccc34)c2n1. The summed E-state index contributed by atoms with van der Waals surface area (Å²) in [6, 6.07) is 23.2. The lowest BCUT2D eigenvalue weighted by molar-refractivity contribution is 0.0686. The summed E-state index contributed by atoms with van der Waals surface area (Å²) in [5.41, 5.74) is 5.36. The maximum atomic E-state index is 15.0. The molecular weight excluding hydrogens is 495 g/mol. The van der Waals surface area contributed by atoms with E-state index in [0.717, 1.165) is 5.39 Å². The number of fused-ring (bicyclic) bond motifs is 2. The van der Waals surface area contributed by atoms with Crippen LogP contribution in [-0.4, -0.2) is 29.0 Å². The number of sulfonamides is 1. The third kappa shape index (κ3) is 4.76. The molecule has 0 aliphatic rings. The first-order valence-electron chi connectivity index (χ1n) is 11.4. The minimum Gasteiger partial charge on any atom is -0.477 e. The zero-order chi connectivity index (χ0) is 26.2. The van der Waals surface area contributed by atoms with E-state index >= 15 is 0 Å². The van der Waals surface area contributed by atoms with Crippen LogP contribution in [0.3, 0.4) is 0 Å². The average Bonchev–Trinajstić information content (AvgIpc) is 3.26. The molecule has 0 fully saturated rings. The molecule has 3 aromatic carbocycles. The molecule has 4 N–H and O–H groups in total. The number of alkyl halides is 1. The number of halogens is 1. The molecule has 0 aliphatic carbocycles. The Labute approximate surface area is 212 Å². The Morgan fingerprint density at radius 3 is 2.46 bits per heavy atom. The largest absolute Gasteiger partial charge is 0.477 e. The summed E-state index contributed by atoms with van der Waals surface area (Å²) in [4.78, 5) is 16.6. The van der Waals surface area contributed by atoms with Gasteiger partial charge < -0.3 is 15.4 Å². The Bertz CT molecular complexity index is 1740. The van der Waals surface area contributed by atoms with Crippen LogP contribution >= 0.6 is 0 Å². The molecule has 5 aromatic rings. The molecule has 0 amide bonds. The fraction of sp³-hybridized carbons (Fsp3) is 0.111. The van der Waals surface area contributed by atoms with Crippen molar-refractivity contribution in [2.45, 2.75) is 18.6 Å². The van der Waals surface area contributed by atoms with Crippen LogP contribution in [0.4, 0.5) is 10.1 Å². The van der Waals surface area contributed by atoms with E-state index in [-0.39, 0.29) is 30.0 Å². The van der Waals surface area contributed by atoms with E-state index in [1.807, 2.05) is 12.1 Å². The number of benzene rings is 3. The first kappa shape index (κ1) is 24.4. The number of aromatic carboxylic acids is 1. The summed E-state index contributed by atoms with van der Waals surface area (Å²) in [5.74, 6) is -1.13. The van der Waals surface area contributed by atoms with Gasteiger partial charge in [0.15, 0.2) is 0 Å². The number of carboxylic acid groups (broad SMARTS) is 1. The van der Waals surface area contributed by atoms with Gasteiger partial charge in [-0.2, -0.15) is 0 Å². The highest BCUT2D eigenvalue weighted by Gasteiger charge is 2.27. The number of hydrogen-bond donors (Lipinski definition) is 3. The van der Waals surface area contributed by atoms with Crippen LogP contribution in [0.15, 0.2) is 84.9 Å². The van der Waals surface area contributed by atoms with Crippen LogP contribution in [0, 0.1) is 0 Å². The fourth-order valence-electron chi connectivity index (χ4n) is 4.37. The van der Waals surface area contributed by atoms with Gasteiger partial charge in [-0.1, -0.05) is 54.6 Å². The van der Waals surface area contributed by atoms with Gasteiger partial charge in [-0.25, -0.2) is 22.6 Å². The van der Waals surface area contributed by atoms with Crippen molar-refractivity contribution in [3.8, 4) is 0 Å². The van der Waals surface area contributed by atoms with Crippen molar-refractivity contribution in [1.82, 2.24) is 9.55 Å². The third-order valence-corrected chi connectivity index (χ3v) is 7.44. The van der Waals surface area contributed by atoms with Gasteiger partial charge in [-0.15, -0.1) is 0 Å². The lowest BCUT2D eigenvalue weighted by atomic mass is 10.0. The van der Waals surface area contributed by atoms with Gasteiger partial charge >= 0.3 is 5.97 Å². The predicted octanol–water partition coefficient (Wildman–Crippen LogP) is 4.80. The average molecular weight is 519 g/mol. The molecule has 37 heavy (non-hydrogen) atoms. The molecule has 0 radical (unpaired) electrons. The molecule has 0 saturated carbocycles. The first-order valence-corrected chi connectivity index (χ1v) is 13.0. The van der Waals surface area contributed by atoms with Gasteiger partial charge in [0.05, 0.1) is 12.2 Å². The summed E-state index contributed by atoms with van der Waals surface area (Å²) in [5, 5.41) is 12.0. The molecule has 1 unspecified atom stereocenters. The number of anilines is 1. The number of rotatable bonds is 8. The van der Waals surface area contributed by atoms with Gasteiger partial charge in [0.1, 0.15) is 11.3 Å². The molecule has 10 heteroatoms. The van der Waals surface area contributed by atoms with Crippen LogP contribution in [0.2, 0.25) is 0 Å². The lowest BCUT2D eigenvalue weighted by Gasteiger charge is -2.16. The van der Waals surface area contributed by atoms with Crippen LogP contribution in [0.1, 0.15) is 32.8 Å². The molecule has 188 valence electrons. The summed E-state index contributed by atoms with van der Waals surface area (Å²) in [6.45, 7) is 0.273. The van der Waals surface area contributed by atoms with Crippen molar-refractivity contribution in [1.29, 1.82) is 0 Å². The normalized spacial score (nSPS) is 12.6. The van der Waals surface area contributed by atoms with E-state index < -0.39 is 21.5 Å². The molecule has 0 spiro atoms. The summed E-state index contributed by atoms with van der Waals surface area (Å²) >= 11 is 0. The van der Waals surface area contributed by atoms with Crippen molar-refractivity contribution < 1.29 is 22.7 Å². The fourth-order valence-corrected chi connectivity index (χ4v) is 5.43. The number of aromatic nitrogens is 2. The summed E-state index contributed by atoms with van der Waals surface area (Å²) < 4.78 is 44.6. The summed E-state index contributed by atoms with van der Waals surface area (Å²) in [7, 11) is -4.42. The van der Waals surface area contributed by atoms with E-state index in [9.17, 15) is 22.7 Å². The molecule has 5 rings (SSSR count). The van der Waals surface area contributed by atoms with E-state index in [1.165, 1.54) is 18.2 Å². The van der Waals surface area contributed by atoms with Crippen LogP contribution < -0.4 is 10.5 Å². The first-order chi connectivity index (χ1) is 17.8. The van der Waals surface area contributed by atoms with Gasteiger partial charge in [0.25, 0.3) is 10.0 Å². The number of carbonyl (C=O) groups is 1. The standard InChI is InChI=1S/C27H23FN4O4S/c28-25(17-6-2-1-3-7-17)37(35,36)31-22-12-18-8-4-5-9-23(18)20(13-22)16-32-24(27(33)34)14-19-10-11-21(15-29)30-26(19)32/h1-14,25,31H,15-16,29H2,(H,33,34). The van der Waals surface area contributed by atoms with Gasteiger partial charge in [0.2, 0.25) is 5.50 Å². The molecule has 2 heterocycles. The van der Waals surface area contributed by atoms with E-state index in [1.54, 1.807) is 59.2 Å². The molecule has 0 saturated heterocycles. The minimum absolute atomic E-state index is 0.0164. The molecule has 0 bridgehead atoms. The monoisotopic (exact) mass is 518 g/mol. The number of pyridine rings is 1. The summed E-state index contributed by atoms with van der Waals surface area (Å²) in [6.07, 6.45) is 0. The second-order valence-electron chi connectivity index (χ2n) is 8.57. The van der Waals surface area contributed by atoms with Crippen molar-refractivity contribution in [3.63, 3.8) is 0 Å². The van der Waals surface area contributed by atoms with E-state index in [4.69, 9.17) is 5.73 Å². The predicted molar refractivity (Wildman–Crippen MR) is 140 cm³/mol. The van der Waals surface area contributed by atoms with Gasteiger partial charge in [0, 0.05) is 23.2 Å². The van der Waals surface area contributed by atoms with Crippen LogP contribution in [0.5, 0.6) is 0 Å². The smallest absolute Gasteiger partial charge is 0.352 e. The maximum absolute atomic E-state index is 15.0. The Morgan fingerprint density at radius 1 is 1.00 bits per heavy atom. The van der Waals surface area contributed by atoms with Gasteiger partial charge in [-0.05, 0) is 46.7 Å². The lowest BCUT2D eigenvalue weighted by Crippen LogP contribution is -2.18. The molecule has 0 aliphatic heterocycles. The Kier molecular flexibility index (Phi) is 6.36. The zero-order valence-corrected chi connectivity index (χ0v) is 20.3. The Balaban J connectivity index is 1.60. The minimum atomic E-state index is -4.42. The number of carboxylic acids is 1. The molecular formula is C27H23FN4O4S. The third-order valence-electron chi connectivity index (χ3n) is 6.10.